The Morgan fingerprint density at radius 1 is 1.12 bits per heavy atom. The number of hydrogen-bond acceptors (Lipinski definition) is 4. The molecule has 3 aromatic rings. The first kappa shape index (κ1) is 24.1. The highest BCUT2D eigenvalue weighted by Crippen LogP contribution is 2.36. The van der Waals surface area contributed by atoms with Crippen LogP contribution in [0.5, 0.6) is 0 Å². The first-order valence-corrected chi connectivity index (χ1v) is 10.0. The van der Waals surface area contributed by atoms with Gasteiger partial charge in [0.05, 0.1) is 34.2 Å². The summed E-state index contributed by atoms with van der Waals surface area (Å²) in [5.74, 6) is -0.319. The monoisotopic (exact) mass is 480 g/mol. The van der Waals surface area contributed by atoms with E-state index < -0.39 is 22.8 Å². The molecule has 2 aromatic heterocycles. The van der Waals surface area contributed by atoms with E-state index in [0.717, 1.165) is 17.7 Å². The van der Waals surface area contributed by atoms with Crippen LogP contribution in [0.1, 0.15) is 33.0 Å². The Bertz CT molecular complexity index is 1210. The third-order valence-corrected chi connectivity index (χ3v) is 5.10. The first-order chi connectivity index (χ1) is 15.5. The van der Waals surface area contributed by atoms with E-state index in [1.165, 1.54) is 19.3 Å². The highest BCUT2D eigenvalue weighted by molar-refractivity contribution is 6.31. The van der Waals surface area contributed by atoms with Gasteiger partial charge in [0.15, 0.2) is 0 Å². The number of pyridine rings is 1. The Kier molecular flexibility index (Phi) is 6.92. The average Bonchev–Trinajstić information content (AvgIpc) is 3.01. The number of anilines is 2. The Morgan fingerprint density at radius 3 is 2.52 bits per heavy atom. The molecular formula is C21H20ClF3N6O2. The molecule has 0 saturated heterocycles. The molecule has 3 amide bonds. The number of hydrogen-bond donors (Lipinski definition) is 3. The van der Waals surface area contributed by atoms with Crippen molar-refractivity contribution in [3.8, 4) is 0 Å². The largest absolute Gasteiger partial charge is 0.417 e. The summed E-state index contributed by atoms with van der Waals surface area (Å²) in [6.07, 6.45) is -3.14. The van der Waals surface area contributed by atoms with Gasteiger partial charge in [-0.3, -0.25) is 14.5 Å². The number of alkyl halides is 3. The van der Waals surface area contributed by atoms with Crippen LogP contribution in [0.25, 0.3) is 0 Å². The van der Waals surface area contributed by atoms with Crippen molar-refractivity contribution in [2.45, 2.75) is 26.6 Å². The van der Waals surface area contributed by atoms with E-state index in [9.17, 15) is 22.8 Å². The van der Waals surface area contributed by atoms with Crippen molar-refractivity contribution in [1.29, 1.82) is 0 Å². The number of urea groups is 1. The van der Waals surface area contributed by atoms with Crippen LogP contribution in [0.3, 0.4) is 0 Å². The van der Waals surface area contributed by atoms with E-state index in [2.05, 4.69) is 26.0 Å². The molecule has 0 aliphatic rings. The van der Waals surface area contributed by atoms with Gasteiger partial charge >= 0.3 is 12.2 Å². The molecule has 12 heteroatoms. The number of carbonyl (C=O) groups is 2. The molecule has 0 saturated carbocycles. The van der Waals surface area contributed by atoms with Gasteiger partial charge in [-0.1, -0.05) is 11.6 Å². The number of aromatic nitrogens is 3. The second-order valence-electron chi connectivity index (χ2n) is 7.10. The lowest BCUT2D eigenvalue weighted by Crippen LogP contribution is -2.21. The maximum absolute atomic E-state index is 13.0. The Morgan fingerprint density at radius 2 is 1.85 bits per heavy atom. The van der Waals surface area contributed by atoms with Gasteiger partial charge in [-0.2, -0.15) is 18.3 Å². The molecule has 0 atom stereocenters. The van der Waals surface area contributed by atoms with Gasteiger partial charge in [0, 0.05) is 18.9 Å². The van der Waals surface area contributed by atoms with Crippen LogP contribution < -0.4 is 16.0 Å². The molecule has 8 nitrogen and oxygen atoms in total. The lowest BCUT2D eigenvalue weighted by Gasteiger charge is -2.12. The van der Waals surface area contributed by atoms with E-state index >= 15 is 0 Å². The number of rotatable bonds is 5. The highest BCUT2D eigenvalue weighted by Gasteiger charge is 2.33. The van der Waals surface area contributed by atoms with E-state index in [0.29, 0.717) is 23.6 Å². The van der Waals surface area contributed by atoms with Crippen LogP contribution in [0, 0.1) is 13.8 Å². The van der Waals surface area contributed by atoms with E-state index in [4.69, 9.17) is 11.6 Å². The fourth-order valence-corrected chi connectivity index (χ4v) is 3.35. The van der Waals surface area contributed by atoms with Crippen molar-refractivity contribution in [3.05, 3.63) is 69.8 Å². The average molecular weight is 481 g/mol. The van der Waals surface area contributed by atoms with Crippen LogP contribution in [0.4, 0.5) is 29.3 Å². The molecule has 1 aromatic carbocycles. The molecule has 3 rings (SSSR count). The molecule has 0 bridgehead atoms. The number of nitrogens with zero attached hydrogens (tertiary/aromatic N) is 3. The van der Waals surface area contributed by atoms with E-state index in [-0.39, 0.29) is 17.3 Å². The van der Waals surface area contributed by atoms with Gasteiger partial charge in [0.1, 0.15) is 5.69 Å². The van der Waals surface area contributed by atoms with Gasteiger partial charge in [-0.05, 0) is 49.7 Å². The molecule has 33 heavy (non-hydrogen) atoms. The lowest BCUT2D eigenvalue weighted by atomic mass is 10.2. The smallest absolute Gasteiger partial charge is 0.354 e. The molecule has 0 fully saturated rings. The summed E-state index contributed by atoms with van der Waals surface area (Å²) in [6.45, 7) is 3.74. The number of amides is 3. The SMILES string of the molecule is CNC(=O)c1cc(Cn2nc(C)c(NC(=O)Nc3ccc(Cl)c(C(F)(F)F)c3)c2C)ccn1. The van der Waals surface area contributed by atoms with Crippen molar-refractivity contribution >= 4 is 34.9 Å². The minimum absolute atomic E-state index is 0.0644. The van der Waals surface area contributed by atoms with Gasteiger partial charge in [0.25, 0.3) is 5.91 Å². The second-order valence-corrected chi connectivity index (χ2v) is 7.51. The quantitative estimate of drug-likeness (QED) is 0.496. The molecule has 0 aliphatic carbocycles. The van der Waals surface area contributed by atoms with Crippen LogP contribution in [0.15, 0.2) is 36.5 Å². The molecule has 0 spiro atoms. The maximum atomic E-state index is 13.0. The number of halogens is 4. The predicted octanol–water partition coefficient (Wildman–Crippen LogP) is 4.62. The molecular weight excluding hydrogens is 461 g/mol. The molecule has 0 unspecified atom stereocenters. The van der Waals surface area contributed by atoms with Crippen LogP contribution in [0.2, 0.25) is 5.02 Å². The minimum Gasteiger partial charge on any atom is -0.354 e. The van der Waals surface area contributed by atoms with Crippen molar-refractivity contribution in [3.63, 3.8) is 0 Å². The van der Waals surface area contributed by atoms with Crippen molar-refractivity contribution in [2.24, 2.45) is 0 Å². The Balaban J connectivity index is 1.76. The fraction of sp³-hybridized carbons (Fsp3) is 0.238. The van der Waals surface area contributed by atoms with E-state index in [1.807, 2.05) is 0 Å². The fourth-order valence-electron chi connectivity index (χ4n) is 3.13. The van der Waals surface area contributed by atoms with Gasteiger partial charge < -0.3 is 16.0 Å². The van der Waals surface area contributed by atoms with Crippen molar-refractivity contribution in [1.82, 2.24) is 20.1 Å². The lowest BCUT2D eigenvalue weighted by molar-refractivity contribution is -0.137. The summed E-state index contributed by atoms with van der Waals surface area (Å²) >= 11 is 5.61. The number of nitrogens with one attached hydrogen (secondary N) is 3. The second kappa shape index (κ2) is 9.49. The molecule has 3 N–H and O–H groups in total. The van der Waals surface area contributed by atoms with E-state index in [1.54, 1.807) is 30.7 Å². The van der Waals surface area contributed by atoms with Gasteiger partial charge in [-0.15, -0.1) is 0 Å². The number of aryl methyl sites for hydroxylation is 1. The Labute approximate surface area is 192 Å². The van der Waals surface area contributed by atoms with Crippen LogP contribution >= 0.6 is 11.6 Å². The topological polar surface area (TPSA) is 101 Å². The molecule has 174 valence electrons. The van der Waals surface area contributed by atoms with Crippen molar-refractivity contribution in [2.75, 3.05) is 17.7 Å². The van der Waals surface area contributed by atoms with Gasteiger partial charge in [-0.25, -0.2) is 4.79 Å². The summed E-state index contributed by atoms with van der Waals surface area (Å²) in [5.41, 5.74) is 1.46. The van der Waals surface area contributed by atoms with Crippen LogP contribution in [-0.2, 0) is 12.7 Å². The summed E-state index contributed by atoms with van der Waals surface area (Å²) in [6, 6.07) is 5.74. The third-order valence-electron chi connectivity index (χ3n) is 4.77. The minimum atomic E-state index is -4.65. The first-order valence-electron chi connectivity index (χ1n) is 9.65. The summed E-state index contributed by atoms with van der Waals surface area (Å²) in [4.78, 5) is 28.2. The summed E-state index contributed by atoms with van der Waals surface area (Å²) in [7, 11) is 1.51. The standard InChI is InChI=1S/C21H20ClF3N6O2/c1-11-18(29-20(33)28-14-4-5-16(22)15(9-14)21(23,24)25)12(2)31(30-11)10-13-6-7-27-17(8-13)19(32)26-3/h4-9H,10H2,1-3H3,(H,26,32)(H2,28,29,33). The highest BCUT2D eigenvalue weighted by atomic mass is 35.5. The van der Waals surface area contributed by atoms with Gasteiger partial charge in [0.2, 0.25) is 0 Å². The Hall–Kier alpha value is -3.60. The molecule has 0 radical (unpaired) electrons. The molecule has 2 heterocycles. The zero-order valence-corrected chi connectivity index (χ0v) is 18.6. The zero-order valence-electron chi connectivity index (χ0n) is 17.8. The van der Waals surface area contributed by atoms with Crippen LogP contribution in [-0.4, -0.2) is 33.8 Å². The number of benzene rings is 1. The normalized spacial score (nSPS) is 11.2. The predicted molar refractivity (Wildman–Crippen MR) is 118 cm³/mol. The summed E-state index contributed by atoms with van der Waals surface area (Å²) in [5, 5.41) is 11.4. The zero-order chi connectivity index (χ0) is 24.3. The van der Waals surface area contributed by atoms with Crippen molar-refractivity contribution < 1.29 is 22.8 Å². The third kappa shape index (κ3) is 5.61. The molecule has 0 aliphatic heterocycles. The summed E-state index contributed by atoms with van der Waals surface area (Å²) < 4.78 is 40.8. The number of carbonyl (C=O) groups excluding carboxylic acids is 2. The maximum Gasteiger partial charge on any atom is 0.417 e.